The summed E-state index contributed by atoms with van der Waals surface area (Å²) in [6.07, 6.45) is -0.141. The molecule has 1 aromatic carbocycles. The molecular weight excluding hydrogens is 206 g/mol. The van der Waals surface area contributed by atoms with Gasteiger partial charge in [-0.05, 0) is 24.3 Å². The lowest BCUT2D eigenvalue weighted by Crippen LogP contribution is -2.85. The standard InChI is InChI=1S/C12H19NO3/c1-14-11-6-4-10(5-7-11)8-13-9-12(15-2)16-3/h4-7,12-13H,8-9H2,1-3H3/p+1. The molecule has 2 N–H and O–H groups in total. The predicted octanol–water partition coefficient (Wildman–Crippen LogP) is 0.378. The Morgan fingerprint density at radius 2 is 1.69 bits per heavy atom. The fraction of sp³-hybridized carbons (Fsp3) is 0.500. The van der Waals surface area contributed by atoms with Crippen LogP contribution in [0.15, 0.2) is 24.3 Å². The van der Waals surface area contributed by atoms with E-state index in [1.165, 1.54) is 5.56 Å². The van der Waals surface area contributed by atoms with Crippen molar-refractivity contribution in [3.8, 4) is 5.75 Å². The quantitative estimate of drug-likeness (QED) is 0.684. The van der Waals surface area contributed by atoms with Crippen molar-refractivity contribution in [1.29, 1.82) is 0 Å². The minimum Gasteiger partial charge on any atom is -0.497 e. The number of rotatable bonds is 7. The van der Waals surface area contributed by atoms with Gasteiger partial charge in [-0.2, -0.15) is 0 Å². The van der Waals surface area contributed by atoms with Gasteiger partial charge in [0.2, 0.25) is 6.29 Å². The van der Waals surface area contributed by atoms with Gasteiger partial charge in [0.15, 0.2) is 0 Å². The third-order valence-electron chi connectivity index (χ3n) is 2.42. The third-order valence-corrected chi connectivity index (χ3v) is 2.42. The molecule has 0 fully saturated rings. The van der Waals surface area contributed by atoms with E-state index in [4.69, 9.17) is 14.2 Å². The van der Waals surface area contributed by atoms with Crippen molar-refractivity contribution in [2.75, 3.05) is 27.9 Å². The average molecular weight is 226 g/mol. The first-order valence-corrected chi connectivity index (χ1v) is 5.30. The highest BCUT2D eigenvalue weighted by molar-refractivity contribution is 5.26. The summed E-state index contributed by atoms with van der Waals surface area (Å²) in [7, 11) is 4.97. The van der Waals surface area contributed by atoms with E-state index < -0.39 is 0 Å². The van der Waals surface area contributed by atoms with Crippen molar-refractivity contribution in [2.45, 2.75) is 12.8 Å². The van der Waals surface area contributed by atoms with Crippen molar-refractivity contribution in [3.05, 3.63) is 29.8 Å². The zero-order chi connectivity index (χ0) is 11.8. The van der Waals surface area contributed by atoms with Crippen molar-refractivity contribution < 1.29 is 19.5 Å². The second kappa shape index (κ2) is 7.22. The molecule has 0 spiro atoms. The zero-order valence-corrected chi connectivity index (χ0v) is 10.1. The normalized spacial score (nSPS) is 10.8. The number of ether oxygens (including phenoxy) is 3. The van der Waals surface area contributed by atoms with Crippen LogP contribution in [0.4, 0.5) is 0 Å². The second-order valence-electron chi connectivity index (χ2n) is 3.48. The molecule has 16 heavy (non-hydrogen) atoms. The molecule has 4 heteroatoms. The molecule has 0 saturated heterocycles. The maximum absolute atomic E-state index is 5.10. The molecule has 0 aliphatic carbocycles. The Morgan fingerprint density at radius 3 is 2.19 bits per heavy atom. The monoisotopic (exact) mass is 226 g/mol. The molecule has 0 saturated carbocycles. The van der Waals surface area contributed by atoms with Crippen LogP contribution in [0.1, 0.15) is 5.56 Å². The number of benzene rings is 1. The van der Waals surface area contributed by atoms with Gasteiger partial charge in [-0.1, -0.05) is 0 Å². The van der Waals surface area contributed by atoms with Gasteiger partial charge in [0.1, 0.15) is 18.8 Å². The summed E-state index contributed by atoms with van der Waals surface area (Å²) in [4.78, 5) is 0. The van der Waals surface area contributed by atoms with Crippen LogP contribution >= 0.6 is 0 Å². The van der Waals surface area contributed by atoms with E-state index in [2.05, 4.69) is 17.4 Å². The lowest BCUT2D eigenvalue weighted by Gasteiger charge is -2.11. The third kappa shape index (κ3) is 4.18. The topological polar surface area (TPSA) is 44.3 Å². The van der Waals surface area contributed by atoms with Gasteiger partial charge in [-0.3, -0.25) is 0 Å². The largest absolute Gasteiger partial charge is 0.497 e. The molecule has 0 heterocycles. The van der Waals surface area contributed by atoms with Gasteiger partial charge in [0, 0.05) is 19.8 Å². The molecule has 0 aliphatic heterocycles. The van der Waals surface area contributed by atoms with Crippen LogP contribution in [0.25, 0.3) is 0 Å². The second-order valence-corrected chi connectivity index (χ2v) is 3.48. The Labute approximate surface area is 96.5 Å². The Bertz CT molecular complexity index is 283. The highest BCUT2D eigenvalue weighted by Gasteiger charge is 2.06. The summed E-state index contributed by atoms with van der Waals surface area (Å²) in [6, 6.07) is 8.05. The van der Waals surface area contributed by atoms with Crippen LogP contribution in [-0.4, -0.2) is 34.2 Å². The maximum atomic E-state index is 5.10. The van der Waals surface area contributed by atoms with Crippen LogP contribution in [0, 0.1) is 0 Å². The lowest BCUT2D eigenvalue weighted by molar-refractivity contribution is -0.682. The smallest absolute Gasteiger partial charge is 0.206 e. The van der Waals surface area contributed by atoms with Crippen molar-refractivity contribution in [1.82, 2.24) is 0 Å². The number of quaternary nitrogens is 1. The molecule has 0 aromatic heterocycles. The summed E-state index contributed by atoms with van der Waals surface area (Å²) < 4.78 is 15.3. The van der Waals surface area contributed by atoms with Gasteiger partial charge in [0.05, 0.1) is 7.11 Å². The molecule has 1 aromatic rings. The van der Waals surface area contributed by atoms with Crippen LogP contribution < -0.4 is 10.1 Å². The summed E-state index contributed by atoms with van der Waals surface area (Å²) in [5, 5.41) is 2.15. The first-order valence-electron chi connectivity index (χ1n) is 5.30. The molecule has 0 aliphatic rings. The SMILES string of the molecule is COc1ccc(C[NH2+]CC(OC)OC)cc1. The van der Waals surface area contributed by atoms with E-state index in [9.17, 15) is 0 Å². The maximum Gasteiger partial charge on any atom is 0.206 e. The summed E-state index contributed by atoms with van der Waals surface area (Å²) >= 11 is 0. The van der Waals surface area contributed by atoms with Crippen molar-refractivity contribution in [2.24, 2.45) is 0 Å². The van der Waals surface area contributed by atoms with Crippen molar-refractivity contribution in [3.63, 3.8) is 0 Å². The van der Waals surface area contributed by atoms with E-state index in [-0.39, 0.29) is 6.29 Å². The summed E-state index contributed by atoms with van der Waals surface area (Å²) in [5.41, 5.74) is 1.26. The van der Waals surface area contributed by atoms with E-state index in [1.54, 1.807) is 21.3 Å². The summed E-state index contributed by atoms with van der Waals surface area (Å²) in [5.74, 6) is 0.885. The van der Waals surface area contributed by atoms with Gasteiger partial charge < -0.3 is 19.5 Å². The van der Waals surface area contributed by atoms with Gasteiger partial charge in [-0.25, -0.2) is 0 Å². The molecule has 0 radical (unpaired) electrons. The fourth-order valence-electron chi connectivity index (χ4n) is 1.44. The number of methoxy groups -OCH3 is 3. The first kappa shape index (κ1) is 13.0. The van der Waals surface area contributed by atoms with E-state index in [0.717, 1.165) is 18.8 Å². The summed E-state index contributed by atoms with van der Waals surface area (Å²) in [6.45, 7) is 1.70. The Morgan fingerprint density at radius 1 is 1.06 bits per heavy atom. The number of hydrogen-bond donors (Lipinski definition) is 1. The first-order chi connectivity index (χ1) is 7.80. The number of hydrogen-bond acceptors (Lipinski definition) is 3. The molecule has 90 valence electrons. The van der Waals surface area contributed by atoms with Crippen LogP contribution in [0.5, 0.6) is 5.75 Å². The highest BCUT2D eigenvalue weighted by atomic mass is 16.7. The van der Waals surface area contributed by atoms with E-state index >= 15 is 0 Å². The van der Waals surface area contributed by atoms with Crippen LogP contribution in [0.2, 0.25) is 0 Å². The van der Waals surface area contributed by atoms with Crippen LogP contribution in [-0.2, 0) is 16.0 Å². The Hall–Kier alpha value is -1.10. The molecule has 0 amide bonds. The van der Waals surface area contributed by atoms with E-state index in [0.29, 0.717) is 0 Å². The van der Waals surface area contributed by atoms with Crippen LogP contribution in [0.3, 0.4) is 0 Å². The molecular formula is C12H20NO3+. The minimum absolute atomic E-state index is 0.141. The Balaban J connectivity index is 2.31. The lowest BCUT2D eigenvalue weighted by atomic mass is 10.2. The molecule has 0 unspecified atom stereocenters. The van der Waals surface area contributed by atoms with Gasteiger partial charge in [0.25, 0.3) is 0 Å². The fourth-order valence-corrected chi connectivity index (χ4v) is 1.44. The van der Waals surface area contributed by atoms with Gasteiger partial charge in [-0.15, -0.1) is 0 Å². The predicted molar refractivity (Wildman–Crippen MR) is 61.3 cm³/mol. The Kier molecular flexibility index (Phi) is 5.85. The average Bonchev–Trinajstić information content (AvgIpc) is 2.35. The molecule has 4 nitrogen and oxygen atoms in total. The molecule has 0 bridgehead atoms. The molecule has 1 rings (SSSR count). The molecule has 0 atom stereocenters. The van der Waals surface area contributed by atoms with E-state index in [1.807, 2.05) is 12.1 Å². The van der Waals surface area contributed by atoms with Gasteiger partial charge >= 0.3 is 0 Å². The highest BCUT2D eigenvalue weighted by Crippen LogP contribution is 2.10. The minimum atomic E-state index is -0.141. The number of nitrogens with two attached hydrogens (primary N) is 1. The zero-order valence-electron chi connectivity index (χ0n) is 10.1. The van der Waals surface area contributed by atoms with Crippen molar-refractivity contribution >= 4 is 0 Å².